The third kappa shape index (κ3) is 8.73. The first kappa shape index (κ1) is 29.9. The van der Waals surface area contributed by atoms with E-state index in [1.807, 2.05) is 115 Å². The van der Waals surface area contributed by atoms with Gasteiger partial charge in [-0.3, -0.25) is 9.36 Å². The van der Waals surface area contributed by atoms with Gasteiger partial charge in [-0.1, -0.05) is 115 Å². The molecule has 4 atom stereocenters. The smallest absolute Gasteiger partial charge is 0.326 e. The van der Waals surface area contributed by atoms with Crippen molar-refractivity contribution in [3.8, 4) is 11.1 Å². The van der Waals surface area contributed by atoms with Crippen LogP contribution in [0.5, 0.6) is 0 Å². The van der Waals surface area contributed by atoms with Crippen LogP contribution in [0.2, 0.25) is 0 Å². The molecule has 0 spiro atoms. The predicted molar refractivity (Wildman–Crippen MR) is 162 cm³/mol. The topological polar surface area (TPSA) is 130 Å². The molecule has 0 radical (unpaired) electrons. The van der Waals surface area contributed by atoms with E-state index in [2.05, 4.69) is 5.32 Å². The molecule has 1 unspecified atom stereocenters. The standard InChI is InChI=1S/C33H35N2O5P/c34-31(22-25-12-6-2-7-13-25)41(39,40)23-29(20-24-10-4-1-5-11-24)32(36)35-30(33(37)38)21-26-16-18-28(19-17-26)27-14-8-3-9-15-27/h1-19,29-31H,20-23,34H2,(H,35,36)(H,37,38)(H,39,40)/t29-,30+,31-/m1/s1. The Labute approximate surface area is 240 Å². The molecule has 4 aromatic carbocycles. The summed E-state index contributed by atoms with van der Waals surface area (Å²) in [5, 5.41) is 12.6. The highest BCUT2D eigenvalue weighted by Crippen LogP contribution is 2.47. The Kier molecular flexibility index (Phi) is 10.3. The van der Waals surface area contributed by atoms with Crippen molar-refractivity contribution in [3.63, 3.8) is 0 Å². The van der Waals surface area contributed by atoms with Crippen LogP contribution in [-0.2, 0) is 33.4 Å². The Morgan fingerprint density at radius 3 is 1.68 bits per heavy atom. The first-order valence-corrected chi connectivity index (χ1v) is 15.4. The third-order valence-corrected chi connectivity index (χ3v) is 9.28. The Morgan fingerprint density at radius 1 is 0.683 bits per heavy atom. The fourth-order valence-corrected chi connectivity index (χ4v) is 6.47. The summed E-state index contributed by atoms with van der Waals surface area (Å²) in [6.07, 6.45) is 0.0662. The molecule has 0 aliphatic carbocycles. The van der Waals surface area contributed by atoms with Crippen LogP contribution in [-0.4, -0.2) is 39.9 Å². The van der Waals surface area contributed by atoms with Gasteiger partial charge in [0.15, 0.2) is 0 Å². The van der Waals surface area contributed by atoms with E-state index < -0.39 is 37.0 Å². The number of amides is 1. The molecule has 4 rings (SSSR count). The van der Waals surface area contributed by atoms with E-state index in [9.17, 15) is 24.2 Å². The van der Waals surface area contributed by atoms with Crippen LogP contribution in [0.25, 0.3) is 11.1 Å². The van der Waals surface area contributed by atoms with Gasteiger partial charge in [-0.25, -0.2) is 4.79 Å². The summed E-state index contributed by atoms with van der Waals surface area (Å²) in [5.41, 5.74) is 10.6. The molecular formula is C33H35N2O5P. The van der Waals surface area contributed by atoms with Crippen molar-refractivity contribution >= 4 is 19.2 Å². The van der Waals surface area contributed by atoms with Crippen LogP contribution < -0.4 is 11.1 Å². The monoisotopic (exact) mass is 570 g/mol. The molecule has 0 aliphatic heterocycles. The van der Waals surface area contributed by atoms with Gasteiger partial charge in [0.25, 0.3) is 0 Å². The zero-order valence-electron chi connectivity index (χ0n) is 22.7. The molecule has 212 valence electrons. The minimum absolute atomic E-state index is 0.0680. The minimum atomic E-state index is -3.99. The maximum Gasteiger partial charge on any atom is 0.326 e. The number of hydrogen-bond donors (Lipinski definition) is 4. The first-order chi connectivity index (χ1) is 19.7. The van der Waals surface area contributed by atoms with Crippen molar-refractivity contribution in [1.29, 1.82) is 0 Å². The lowest BCUT2D eigenvalue weighted by atomic mass is 9.98. The molecule has 0 saturated heterocycles. The minimum Gasteiger partial charge on any atom is -0.480 e. The molecule has 0 fully saturated rings. The summed E-state index contributed by atoms with van der Waals surface area (Å²) in [7, 11) is -3.99. The van der Waals surface area contributed by atoms with Crippen LogP contribution >= 0.6 is 7.37 Å². The van der Waals surface area contributed by atoms with Gasteiger partial charge in [0.2, 0.25) is 13.3 Å². The van der Waals surface area contributed by atoms with E-state index in [1.165, 1.54) is 0 Å². The highest BCUT2D eigenvalue weighted by Gasteiger charge is 2.35. The molecule has 1 amide bonds. The van der Waals surface area contributed by atoms with Crippen LogP contribution in [0, 0.1) is 5.92 Å². The van der Waals surface area contributed by atoms with Crippen molar-refractivity contribution in [1.82, 2.24) is 5.32 Å². The lowest BCUT2D eigenvalue weighted by Gasteiger charge is -2.25. The van der Waals surface area contributed by atoms with E-state index >= 15 is 0 Å². The van der Waals surface area contributed by atoms with E-state index in [0.717, 1.165) is 27.8 Å². The summed E-state index contributed by atoms with van der Waals surface area (Å²) in [4.78, 5) is 36.6. The van der Waals surface area contributed by atoms with E-state index in [1.54, 1.807) is 0 Å². The number of nitrogens with two attached hydrogens (primary N) is 1. The quantitative estimate of drug-likeness (QED) is 0.165. The summed E-state index contributed by atoms with van der Waals surface area (Å²) in [5.74, 6) is -3.79. The van der Waals surface area contributed by atoms with Gasteiger partial charge in [0.05, 0.1) is 11.7 Å². The van der Waals surface area contributed by atoms with Crippen LogP contribution in [0.1, 0.15) is 16.7 Å². The number of rotatable bonds is 13. The van der Waals surface area contributed by atoms with Gasteiger partial charge in [-0.05, 0) is 40.7 Å². The third-order valence-electron chi connectivity index (χ3n) is 7.10. The first-order valence-electron chi connectivity index (χ1n) is 13.5. The van der Waals surface area contributed by atoms with Crippen LogP contribution in [0.4, 0.5) is 0 Å². The molecule has 8 heteroatoms. The SMILES string of the molecule is N[C@@H](Cc1ccccc1)P(=O)(O)C[C@@H](Cc1ccccc1)C(=O)N[C@@H](Cc1ccc(-c2ccccc2)cc1)C(=O)O. The van der Waals surface area contributed by atoms with Crippen molar-refractivity contribution in [2.45, 2.75) is 31.1 Å². The van der Waals surface area contributed by atoms with Gasteiger partial charge in [-0.2, -0.15) is 0 Å². The van der Waals surface area contributed by atoms with Crippen molar-refractivity contribution in [2.75, 3.05) is 6.16 Å². The average molecular weight is 571 g/mol. The lowest BCUT2D eigenvalue weighted by Crippen LogP contribution is -2.46. The van der Waals surface area contributed by atoms with Crippen molar-refractivity contribution < 1.29 is 24.2 Å². The van der Waals surface area contributed by atoms with E-state index in [4.69, 9.17) is 5.73 Å². The molecule has 0 aliphatic rings. The van der Waals surface area contributed by atoms with Gasteiger partial charge < -0.3 is 21.1 Å². The summed E-state index contributed by atoms with van der Waals surface area (Å²) < 4.78 is 13.4. The fourth-order valence-electron chi connectivity index (χ4n) is 4.78. The number of carbonyl (C=O) groups is 2. The van der Waals surface area contributed by atoms with Crippen LogP contribution in [0.15, 0.2) is 115 Å². The molecule has 0 heterocycles. The van der Waals surface area contributed by atoms with Gasteiger partial charge in [0, 0.05) is 12.6 Å². The maximum absolute atomic E-state index is 13.5. The lowest BCUT2D eigenvalue weighted by molar-refractivity contribution is -0.142. The molecule has 0 bridgehead atoms. The Morgan fingerprint density at radius 2 is 1.15 bits per heavy atom. The molecule has 0 aromatic heterocycles. The second-order valence-corrected chi connectivity index (χ2v) is 12.8. The molecular weight excluding hydrogens is 535 g/mol. The average Bonchev–Trinajstić information content (AvgIpc) is 2.98. The zero-order valence-corrected chi connectivity index (χ0v) is 23.6. The largest absolute Gasteiger partial charge is 0.480 e. The van der Waals surface area contributed by atoms with Crippen molar-refractivity contribution in [2.24, 2.45) is 11.7 Å². The molecule has 41 heavy (non-hydrogen) atoms. The molecule has 0 saturated carbocycles. The number of carboxylic acids is 1. The van der Waals surface area contributed by atoms with Gasteiger partial charge >= 0.3 is 5.97 Å². The highest BCUT2D eigenvalue weighted by molar-refractivity contribution is 7.58. The second-order valence-electron chi connectivity index (χ2n) is 10.2. The number of nitrogens with one attached hydrogen (secondary N) is 1. The Bertz CT molecular complexity index is 1460. The van der Waals surface area contributed by atoms with E-state index in [-0.39, 0.29) is 25.4 Å². The van der Waals surface area contributed by atoms with Gasteiger partial charge in [-0.15, -0.1) is 0 Å². The molecule has 4 aromatic rings. The Balaban J connectivity index is 1.49. The number of aliphatic carboxylic acids is 1. The van der Waals surface area contributed by atoms with Gasteiger partial charge in [0.1, 0.15) is 6.04 Å². The normalized spacial score (nSPS) is 14.8. The number of hydrogen-bond acceptors (Lipinski definition) is 4. The summed E-state index contributed by atoms with van der Waals surface area (Å²) in [6, 6.07) is 34.5. The molecule has 5 N–H and O–H groups in total. The second kappa shape index (κ2) is 14.0. The fraction of sp³-hybridized carbons (Fsp3) is 0.212. The maximum atomic E-state index is 13.5. The van der Waals surface area contributed by atoms with E-state index in [0.29, 0.717) is 0 Å². The van der Waals surface area contributed by atoms with Crippen LogP contribution in [0.3, 0.4) is 0 Å². The summed E-state index contributed by atoms with van der Waals surface area (Å²) >= 11 is 0. The number of benzene rings is 4. The zero-order chi connectivity index (χ0) is 29.2. The number of carboxylic acid groups (broad SMARTS) is 1. The highest BCUT2D eigenvalue weighted by atomic mass is 31.2. The molecule has 7 nitrogen and oxygen atoms in total. The van der Waals surface area contributed by atoms with Crippen molar-refractivity contribution in [3.05, 3.63) is 132 Å². The Hall–Kier alpha value is -4.03. The predicted octanol–water partition coefficient (Wildman–Crippen LogP) is 5.12. The number of carbonyl (C=O) groups excluding carboxylic acids is 1. The summed E-state index contributed by atoms with van der Waals surface area (Å²) in [6.45, 7) is 0.